The molecule has 0 aliphatic heterocycles. The quantitative estimate of drug-likeness (QED) is 0.708. The predicted molar refractivity (Wildman–Crippen MR) is 107 cm³/mol. The number of benzene rings is 1. The van der Waals surface area contributed by atoms with Crippen molar-refractivity contribution in [1.29, 1.82) is 0 Å². The molecule has 3 aromatic rings. The van der Waals surface area contributed by atoms with Crippen molar-refractivity contribution in [3.63, 3.8) is 0 Å². The molecule has 0 saturated carbocycles. The summed E-state index contributed by atoms with van der Waals surface area (Å²) in [5.74, 6) is 1.41. The molecular weight excluding hydrogens is 330 g/mol. The van der Waals surface area contributed by atoms with Crippen LogP contribution < -0.4 is 4.90 Å². The van der Waals surface area contributed by atoms with E-state index >= 15 is 0 Å². The van der Waals surface area contributed by atoms with Crippen molar-refractivity contribution in [2.45, 2.75) is 33.1 Å². The summed E-state index contributed by atoms with van der Waals surface area (Å²) >= 11 is 1.74. The highest BCUT2D eigenvalue weighted by molar-refractivity contribution is 7.19. The number of aromatic nitrogens is 2. The summed E-state index contributed by atoms with van der Waals surface area (Å²) in [6.07, 6.45) is 2.58. The van der Waals surface area contributed by atoms with E-state index in [1.54, 1.807) is 17.7 Å². The maximum absolute atomic E-state index is 9.31. The third-order valence-electron chi connectivity index (χ3n) is 4.53. The molecule has 0 amide bonds. The molecule has 0 radical (unpaired) electrons. The predicted octanol–water partition coefficient (Wildman–Crippen LogP) is 4.47. The highest BCUT2D eigenvalue weighted by atomic mass is 32.1. The Morgan fingerprint density at radius 3 is 2.48 bits per heavy atom. The zero-order valence-electron chi connectivity index (χ0n) is 15.3. The SMILES string of the molecule is CCc1sc2ncnc(N(C)CCO)c2c1-c1ccc(C(C)C)cc1. The van der Waals surface area contributed by atoms with Crippen LogP contribution in [-0.2, 0) is 6.42 Å². The number of hydrogen-bond donors (Lipinski definition) is 1. The van der Waals surface area contributed by atoms with Crippen molar-refractivity contribution in [2.75, 3.05) is 25.1 Å². The molecule has 0 unspecified atom stereocenters. The van der Waals surface area contributed by atoms with Crippen molar-refractivity contribution in [3.05, 3.63) is 41.0 Å². The summed E-state index contributed by atoms with van der Waals surface area (Å²) < 4.78 is 0. The van der Waals surface area contributed by atoms with Gasteiger partial charge < -0.3 is 10.0 Å². The number of nitrogens with zero attached hydrogens (tertiary/aromatic N) is 3. The van der Waals surface area contributed by atoms with E-state index in [0.29, 0.717) is 12.5 Å². The van der Waals surface area contributed by atoms with E-state index in [-0.39, 0.29) is 6.61 Å². The minimum atomic E-state index is 0.102. The van der Waals surface area contributed by atoms with E-state index in [1.807, 2.05) is 11.9 Å². The van der Waals surface area contributed by atoms with E-state index in [2.05, 4.69) is 55.0 Å². The Balaban J connectivity index is 2.21. The van der Waals surface area contributed by atoms with Crippen LogP contribution in [0, 0.1) is 0 Å². The van der Waals surface area contributed by atoms with E-state index in [4.69, 9.17) is 0 Å². The van der Waals surface area contributed by atoms with Gasteiger partial charge in [-0.25, -0.2) is 9.97 Å². The number of hydrogen-bond acceptors (Lipinski definition) is 5. The Morgan fingerprint density at radius 2 is 1.88 bits per heavy atom. The number of fused-ring (bicyclic) bond motifs is 1. The lowest BCUT2D eigenvalue weighted by Crippen LogP contribution is -2.22. The van der Waals surface area contributed by atoms with Gasteiger partial charge in [0.2, 0.25) is 0 Å². The molecule has 0 fully saturated rings. The highest BCUT2D eigenvalue weighted by Gasteiger charge is 2.19. The molecule has 0 saturated heterocycles. The van der Waals surface area contributed by atoms with Crippen molar-refractivity contribution >= 4 is 27.4 Å². The molecule has 0 bridgehead atoms. The summed E-state index contributed by atoms with van der Waals surface area (Å²) in [5.41, 5.74) is 3.79. The van der Waals surface area contributed by atoms with Crippen LogP contribution in [0.3, 0.4) is 0 Å². The average molecular weight is 356 g/mol. The number of likely N-dealkylation sites (N-methyl/N-ethyl adjacent to an activating group) is 1. The second kappa shape index (κ2) is 7.50. The van der Waals surface area contributed by atoms with E-state index < -0.39 is 0 Å². The molecule has 4 nitrogen and oxygen atoms in total. The van der Waals surface area contributed by atoms with Crippen molar-refractivity contribution in [2.24, 2.45) is 0 Å². The van der Waals surface area contributed by atoms with E-state index in [1.165, 1.54) is 21.6 Å². The molecular formula is C20H25N3OS. The van der Waals surface area contributed by atoms with Gasteiger partial charge in [-0.1, -0.05) is 45.0 Å². The molecule has 0 atom stereocenters. The monoisotopic (exact) mass is 355 g/mol. The van der Waals surface area contributed by atoms with Crippen LogP contribution in [0.4, 0.5) is 5.82 Å². The molecule has 1 N–H and O–H groups in total. The van der Waals surface area contributed by atoms with Gasteiger partial charge in [0.1, 0.15) is 17.0 Å². The summed E-state index contributed by atoms with van der Waals surface area (Å²) in [6, 6.07) is 8.84. The van der Waals surface area contributed by atoms with Crippen LogP contribution in [0.5, 0.6) is 0 Å². The second-order valence-corrected chi connectivity index (χ2v) is 7.64. The van der Waals surface area contributed by atoms with Crippen molar-refractivity contribution < 1.29 is 5.11 Å². The maximum atomic E-state index is 9.31. The minimum Gasteiger partial charge on any atom is -0.395 e. The molecule has 25 heavy (non-hydrogen) atoms. The lowest BCUT2D eigenvalue weighted by Gasteiger charge is -2.18. The van der Waals surface area contributed by atoms with Gasteiger partial charge in [0.05, 0.1) is 12.0 Å². The van der Waals surface area contributed by atoms with Gasteiger partial charge in [-0.3, -0.25) is 0 Å². The first-order valence-corrected chi connectivity index (χ1v) is 9.57. The number of aliphatic hydroxyl groups excluding tert-OH is 1. The fourth-order valence-corrected chi connectivity index (χ4v) is 4.19. The third-order valence-corrected chi connectivity index (χ3v) is 5.77. The van der Waals surface area contributed by atoms with Crippen molar-refractivity contribution in [3.8, 4) is 11.1 Å². The molecule has 2 aromatic heterocycles. The fourth-order valence-electron chi connectivity index (χ4n) is 3.10. The molecule has 2 heterocycles. The first kappa shape index (κ1) is 17.8. The first-order chi connectivity index (χ1) is 12.1. The second-order valence-electron chi connectivity index (χ2n) is 6.55. The fraction of sp³-hybridized carbons (Fsp3) is 0.400. The summed E-state index contributed by atoms with van der Waals surface area (Å²) in [6.45, 7) is 7.26. The highest BCUT2D eigenvalue weighted by Crippen LogP contribution is 2.42. The lowest BCUT2D eigenvalue weighted by molar-refractivity contribution is 0.304. The standard InChI is InChI=1S/C20H25N3OS/c1-5-16-17(15-8-6-14(7-9-15)13(2)3)18-19(23(4)10-11-24)21-12-22-20(18)25-16/h6-9,12-13,24H,5,10-11H2,1-4H3. The number of anilines is 1. The molecule has 1 aromatic carbocycles. The summed E-state index contributed by atoms with van der Waals surface area (Å²) in [4.78, 5) is 13.4. The van der Waals surface area contributed by atoms with Gasteiger partial charge in [-0.05, 0) is 23.5 Å². The summed E-state index contributed by atoms with van der Waals surface area (Å²) in [7, 11) is 1.97. The van der Waals surface area contributed by atoms with Crippen LogP contribution in [0.25, 0.3) is 21.3 Å². The van der Waals surface area contributed by atoms with Gasteiger partial charge in [0.25, 0.3) is 0 Å². The topological polar surface area (TPSA) is 49.2 Å². The summed E-state index contributed by atoms with van der Waals surface area (Å²) in [5, 5.41) is 10.4. The number of aryl methyl sites for hydroxylation is 1. The van der Waals surface area contributed by atoms with Crippen LogP contribution in [0.2, 0.25) is 0 Å². The van der Waals surface area contributed by atoms with E-state index in [9.17, 15) is 5.11 Å². The van der Waals surface area contributed by atoms with Crippen LogP contribution in [0.15, 0.2) is 30.6 Å². The largest absolute Gasteiger partial charge is 0.395 e. The molecule has 0 aliphatic rings. The maximum Gasteiger partial charge on any atom is 0.141 e. The Morgan fingerprint density at radius 1 is 1.16 bits per heavy atom. The first-order valence-electron chi connectivity index (χ1n) is 8.75. The van der Waals surface area contributed by atoms with Crippen LogP contribution >= 0.6 is 11.3 Å². The molecule has 0 aliphatic carbocycles. The Bertz CT molecular complexity index is 855. The Hall–Kier alpha value is -1.98. The molecule has 3 rings (SSSR count). The van der Waals surface area contributed by atoms with Gasteiger partial charge in [-0.15, -0.1) is 11.3 Å². The number of aliphatic hydroxyl groups is 1. The molecule has 0 spiro atoms. The van der Waals surface area contributed by atoms with Crippen LogP contribution in [0.1, 0.15) is 37.1 Å². The smallest absolute Gasteiger partial charge is 0.141 e. The molecule has 5 heteroatoms. The normalized spacial score (nSPS) is 11.4. The van der Waals surface area contributed by atoms with Gasteiger partial charge in [-0.2, -0.15) is 0 Å². The Labute approximate surface area is 153 Å². The number of thiophene rings is 1. The zero-order chi connectivity index (χ0) is 18.0. The van der Waals surface area contributed by atoms with Crippen molar-refractivity contribution in [1.82, 2.24) is 9.97 Å². The Kier molecular flexibility index (Phi) is 5.35. The van der Waals surface area contributed by atoms with Crippen LogP contribution in [-0.4, -0.2) is 35.3 Å². The average Bonchev–Trinajstić information content (AvgIpc) is 3.00. The third kappa shape index (κ3) is 3.39. The van der Waals surface area contributed by atoms with Gasteiger partial charge in [0.15, 0.2) is 0 Å². The van der Waals surface area contributed by atoms with E-state index in [0.717, 1.165) is 22.5 Å². The van der Waals surface area contributed by atoms with Gasteiger partial charge >= 0.3 is 0 Å². The zero-order valence-corrected chi connectivity index (χ0v) is 16.1. The molecule has 132 valence electrons. The number of rotatable bonds is 6. The van der Waals surface area contributed by atoms with Gasteiger partial charge in [0, 0.05) is 24.0 Å². The minimum absolute atomic E-state index is 0.102. The lowest BCUT2D eigenvalue weighted by atomic mass is 9.97.